The van der Waals surface area contributed by atoms with Gasteiger partial charge in [0.15, 0.2) is 0 Å². The molecule has 0 spiro atoms. The molecule has 0 bridgehead atoms. The Morgan fingerprint density at radius 1 is 1.33 bits per heavy atom. The SMILES string of the molecule is [CH-]=O.[CH2-]F.[W+2].[Y]. The molecule has 0 aromatic carbocycles. The van der Waals surface area contributed by atoms with Crippen LogP contribution < -0.4 is 0 Å². The van der Waals surface area contributed by atoms with Crippen molar-refractivity contribution in [3.8, 4) is 0 Å². The van der Waals surface area contributed by atoms with Crippen molar-refractivity contribution in [1.29, 1.82) is 0 Å². The Morgan fingerprint density at radius 2 is 1.33 bits per heavy atom. The maximum Gasteiger partial charge on any atom is 2.00 e. The fourth-order valence-corrected chi connectivity index (χ4v) is 0. The second kappa shape index (κ2) is 95.9. The van der Waals surface area contributed by atoms with E-state index in [0.717, 1.165) is 0 Å². The topological polar surface area (TPSA) is 17.1 Å². The molecule has 0 heterocycles. The molecule has 0 saturated heterocycles. The molecule has 1 radical (unpaired) electrons. The molecule has 0 aliphatic heterocycles. The van der Waals surface area contributed by atoms with Crippen LogP contribution in [0.4, 0.5) is 4.39 Å². The van der Waals surface area contributed by atoms with E-state index in [1.54, 1.807) is 7.18 Å². The van der Waals surface area contributed by atoms with Gasteiger partial charge in [-0.2, -0.15) is 7.18 Å². The molecule has 0 aromatic heterocycles. The second-order valence-electron chi connectivity index (χ2n) is 0. The van der Waals surface area contributed by atoms with Gasteiger partial charge in [0.2, 0.25) is 0 Å². The molecule has 0 atom stereocenters. The summed E-state index contributed by atoms with van der Waals surface area (Å²) in [7, 11) is 1.75. The molecule has 0 aliphatic carbocycles. The molecule has 0 rings (SSSR count). The molecule has 0 aromatic rings. The minimum absolute atomic E-state index is 0. The average Bonchev–Trinajstić information content (AvgIpc) is 1.50. The fourth-order valence-electron chi connectivity index (χ4n) is 0. The molecule has 4 heteroatoms. The zero-order valence-electron chi connectivity index (χ0n) is 3.06. The first-order chi connectivity index (χ1) is 2.00. The molecule has 0 aliphatic rings. The summed E-state index contributed by atoms with van der Waals surface area (Å²) in [5.41, 5.74) is 0. The van der Waals surface area contributed by atoms with Gasteiger partial charge < -0.3 is 9.18 Å². The first kappa shape index (κ1) is 26.2. The van der Waals surface area contributed by atoms with Crippen molar-refractivity contribution in [3.63, 3.8) is 0 Å². The minimum atomic E-state index is 0. The largest absolute Gasteiger partial charge is 2.00 e. The fraction of sp³-hybridized carbons (Fsp3) is 0. The molecule has 33 valence electrons. The van der Waals surface area contributed by atoms with E-state index in [-0.39, 0.29) is 53.8 Å². The third-order valence-electron chi connectivity index (χ3n) is 0. The molecule has 6 heavy (non-hydrogen) atoms. The standard InChI is InChI=1S/CH2F.CHO.W.Y/c2*1-2;;/h1H2;1H;;/q2*-1;+2;. The zero-order valence-corrected chi connectivity index (χ0v) is 8.83. The molecule has 0 saturated carbocycles. The van der Waals surface area contributed by atoms with Crippen LogP contribution in [0.2, 0.25) is 0 Å². The maximum atomic E-state index is 9.25. The summed E-state index contributed by atoms with van der Waals surface area (Å²) >= 11 is 0. The predicted octanol–water partition coefficient (Wildman–Crippen LogP) is 0.468. The van der Waals surface area contributed by atoms with Crippen LogP contribution in [-0.2, 0) is 58.6 Å². The smallest absolute Gasteiger partial charge is 0.545 e. The van der Waals surface area contributed by atoms with Crippen molar-refractivity contribution in [2.24, 2.45) is 0 Å². The van der Waals surface area contributed by atoms with Gasteiger partial charge in [-0.1, -0.05) is 0 Å². The molecule has 0 unspecified atom stereocenters. The molecule has 1 nitrogen and oxygen atoms in total. The van der Waals surface area contributed by atoms with Gasteiger partial charge in [0.25, 0.3) is 0 Å². The van der Waals surface area contributed by atoms with Crippen molar-refractivity contribution < 1.29 is 63.0 Å². The molecule has 0 amide bonds. The van der Waals surface area contributed by atoms with E-state index in [2.05, 4.69) is 6.79 Å². The van der Waals surface area contributed by atoms with Gasteiger partial charge in [0, 0.05) is 32.7 Å². The van der Waals surface area contributed by atoms with Crippen LogP contribution in [0.25, 0.3) is 0 Å². The summed E-state index contributed by atoms with van der Waals surface area (Å²) in [6.07, 6.45) is 0. The van der Waals surface area contributed by atoms with E-state index in [1.807, 2.05) is 0 Å². The van der Waals surface area contributed by atoms with E-state index in [4.69, 9.17) is 4.79 Å². The maximum absolute atomic E-state index is 9.25. The predicted molar refractivity (Wildman–Crippen MR) is 13.2 cm³/mol. The number of carbonyl (C=O) groups excluding carboxylic acids is 1. The van der Waals surface area contributed by atoms with E-state index in [9.17, 15) is 4.39 Å². The first-order valence-corrected chi connectivity index (χ1v) is 0.503. The third-order valence-corrected chi connectivity index (χ3v) is 0. The van der Waals surface area contributed by atoms with Gasteiger partial charge in [0.05, 0.1) is 0 Å². The van der Waals surface area contributed by atoms with Crippen LogP contribution >= 0.6 is 0 Å². The Morgan fingerprint density at radius 3 is 1.33 bits per heavy atom. The number of hydrogen-bond acceptors (Lipinski definition) is 1. The van der Waals surface area contributed by atoms with E-state index < -0.39 is 0 Å². The Bertz CT molecular complexity index is 13.5. The van der Waals surface area contributed by atoms with Gasteiger partial charge >= 0.3 is 21.1 Å². The summed E-state index contributed by atoms with van der Waals surface area (Å²) in [5, 5.41) is 0. The van der Waals surface area contributed by atoms with Crippen LogP contribution in [0.15, 0.2) is 0 Å². The van der Waals surface area contributed by atoms with Crippen molar-refractivity contribution in [2.75, 3.05) is 0 Å². The monoisotopic (exact) mass is 335 g/mol. The van der Waals surface area contributed by atoms with Crippen molar-refractivity contribution in [2.45, 2.75) is 0 Å². The van der Waals surface area contributed by atoms with E-state index >= 15 is 0 Å². The van der Waals surface area contributed by atoms with Crippen molar-refractivity contribution in [1.82, 2.24) is 0 Å². The number of rotatable bonds is 0. The van der Waals surface area contributed by atoms with Gasteiger partial charge in [-0.25, -0.2) is 0 Å². The van der Waals surface area contributed by atoms with Crippen LogP contribution in [0.1, 0.15) is 0 Å². The summed E-state index contributed by atoms with van der Waals surface area (Å²) in [6.45, 7) is 3.25. The number of hydrogen-bond donors (Lipinski definition) is 0. The Hall–Kier alpha value is 1.39. The van der Waals surface area contributed by atoms with Gasteiger partial charge in [0.1, 0.15) is 0 Å². The van der Waals surface area contributed by atoms with Crippen LogP contribution in [0, 0.1) is 7.18 Å². The van der Waals surface area contributed by atoms with Crippen molar-refractivity contribution >= 4 is 6.79 Å². The Labute approximate surface area is 76.2 Å². The summed E-state index contributed by atoms with van der Waals surface area (Å²) in [5.74, 6) is 0. The Kier molecular flexibility index (Phi) is 420. The van der Waals surface area contributed by atoms with Crippen molar-refractivity contribution in [3.05, 3.63) is 7.18 Å². The van der Waals surface area contributed by atoms with Gasteiger partial charge in [-0.05, 0) is 0 Å². The summed E-state index contributed by atoms with van der Waals surface area (Å²) in [6, 6.07) is 0. The molecular weight excluding hydrogens is 332 g/mol. The first-order valence-electron chi connectivity index (χ1n) is 0.503. The summed E-state index contributed by atoms with van der Waals surface area (Å²) in [4.78, 5) is 7.75. The third kappa shape index (κ3) is 53.7. The molecule has 0 N–H and O–H groups in total. The summed E-state index contributed by atoms with van der Waals surface area (Å²) < 4.78 is 9.25. The van der Waals surface area contributed by atoms with Gasteiger partial charge in [-0.3, -0.25) is 6.79 Å². The van der Waals surface area contributed by atoms with Crippen LogP contribution in [0.5, 0.6) is 0 Å². The molecule has 0 fully saturated rings. The Balaban J connectivity index is -0.00000000500. The average molecular weight is 335 g/mol. The van der Waals surface area contributed by atoms with Crippen LogP contribution in [0.3, 0.4) is 0 Å². The van der Waals surface area contributed by atoms with Gasteiger partial charge in [-0.15, -0.1) is 0 Å². The quantitative estimate of drug-likeness (QED) is 0.465. The van der Waals surface area contributed by atoms with Crippen LogP contribution in [-0.4, -0.2) is 6.79 Å². The molecular formula is C2H3FOWY. The van der Waals surface area contributed by atoms with E-state index in [1.165, 1.54) is 0 Å². The van der Waals surface area contributed by atoms with E-state index in [0.29, 0.717) is 0 Å². The zero-order chi connectivity index (χ0) is 4.00. The minimum Gasteiger partial charge on any atom is -0.545 e. The number of halogens is 1. The second-order valence-corrected chi connectivity index (χ2v) is 0. The normalized spacial score (nSPS) is 1.67.